The van der Waals surface area contributed by atoms with E-state index in [1.165, 1.54) is 4.90 Å². The summed E-state index contributed by atoms with van der Waals surface area (Å²) in [4.78, 5) is 26.1. The molecule has 9 heteroatoms. The van der Waals surface area contributed by atoms with Crippen LogP contribution >= 0.6 is 11.6 Å². The van der Waals surface area contributed by atoms with E-state index in [-0.39, 0.29) is 30.5 Å². The zero-order chi connectivity index (χ0) is 19.5. The molecule has 1 aliphatic rings. The van der Waals surface area contributed by atoms with Crippen LogP contribution in [0.2, 0.25) is 5.02 Å². The van der Waals surface area contributed by atoms with Gasteiger partial charge >= 0.3 is 0 Å². The molecular formula is C17H23ClN2O5S. The molecule has 0 aromatic heterocycles. The Morgan fingerprint density at radius 1 is 1.23 bits per heavy atom. The Kier molecular flexibility index (Phi) is 6.52. The fraction of sp³-hybridized carbons (Fsp3) is 0.529. The molecular weight excluding hydrogens is 380 g/mol. The summed E-state index contributed by atoms with van der Waals surface area (Å²) >= 11 is 6.06. The zero-order valence-electron chi connectivity index (χ0n) is 15.0. The number of halogens is 1. The molecule has 144 valence electrons. The van der Waals surface area contributed by atoms with Crippen LogP contribution in [0.5, 0.6) is 5.75 Å². The second-order valence-corrected chi connectivity index (χ2v) is 9.11. The second-order valence-electron chi connectivity index (χ2n) is 6.40. The maximum absolute atomic E-state index is 12.4. The highest BCUT2D eigenvalue weighted by atomic mass is 35.5. The van der Waals surface area contributed by atoms with E-state index in [0.29, 0.717) is 10.8 Å². The van der Waals surface area contributed by atoms with Crippen molar-refractivity contribution in [2.45, 2.75) is 32.9 Å². The van der Waals surface area contributed by atoms with Crippen molar-refractivity contribution in [2.24, 2.45) is 0 Å². The van der Waals surface area contributed by atoms with E-state index in [4.69, 9.17) is 16.3 Å². The highest BCUT2D eigenvalue weighted by Gasteiger charge is 2.29. The number of hydrogen-bond donors (Lipinski definition) is 1. The van der Waals surface area contributed by atoms with E-state index in [0.717, 1.165) is 5.56 Å². The van der Waals surface area contributed by atoms with Gasteiger partial charge in [0.2, 0.25) is 5.91 Å². The molecule has 0 radical (unpaired) electrons. The Hall–Kier alpha value is -1.80. The highest BCUT2D eigenvalue weighted by Crippen LogP contribution is 2.26. The van der Waals surface area contributed by atoms with Gasteiger partial charge in [-0.05, 0) is 38.5 Å². The third-order valence-electron chi connectivity index (χ3n) is 4.14. The van der Waals surface area contributed by atoms with Crippen molar-refractivity contribution >= 4 is 33.3 Å². The Morgan fingerprint density at radius 2 is 1.85 bits per heavy atom. The lowest BCUT2D eigenvalue weighted by Crippen LogP contribution is -2.53. The molecule has 2 amide bonds. The number of ether oxygens (including phenoxy) is 1. The minimum Gasteiger partial charge on any atom is -0.479 e. The van der Waals surface area contributed by atoms with E-state index in [2.05, 4.69) is 5.32 Å². The summed E-state index contributed by atoms with van der Waals surface area (Å²) in [6.07, 6.45) is -0.841. The average molecular weight is 403 g/mol. The van der Waals surface area contributed by atoms with Crippen LogP contribution in [0.1, 0.15) is 19.4 Å². The van der Waals surface area contributed by atoms with Crippen molar-refractivity contribution in [3.63, 3.8) is 0 Å². The van der Waals surface area contributed by atoms with Gasteiger partial charge < -0.3 is 15.0 Å². The standard InChI is InChI=1S/C17H23ClN2O5S/c1-11-4-5-14(18)15(10-11)25-13(3)16(21)19-12(2)17(22)20-6-8-26(23,24)9-7-20/h4-5,10,12-13H,6-9H2,1-3H3,(H,19,21). The van der Waals surface area contributed by atoms with Gasteiger partial charge in [-0.3, -0.25) is 9.59 Å². The molecule has 1 aliphatic heterocycles. The Morgan fingerprint density at radius 3 is 2.46 bits per heavy atom. The third kappa shape index (κ3) is 5.35. The number of aryl methyl sites for hydroxylation is 1. The minimum absolute atomic E-state index is 0.0508. The first-order valence-corrected chi connectivity index (χ1v) is 10.5. The number of rotatable bonds is 5. The molecule has 1 heterocycles. The molecule has 1 saturated heterocycles. The summed E-state index contributed by atoms with van der Waals surface area (Å²) in [5, 5.41) is 3.00. The third-order valence-corrected chi connectivity index (χ3v) is 6.07. The first kappa shape index (κ1) is 20.5. The Balaban J connectivity index is 1.91. The molecule has 1 aromatic rings. The van der Waals surface area contributed by atoms with Gasteiger partial charge in [-0.2, -0.15) is 0 Å². The van der Waals surface area contributed by atoms with Crippen molar-refractivity contribution < 1.29 is 22.7 Å². The summed E-state index contributed by atoms with van der Waals surface area (Å²) in [6, 6.07) is 4.48. The van der Waals surface area contributed by atoms with Crippen LogP contribution in [0.4, 0.5) is 0 Å². The highest BCUT2D eigenvalue weighted by molar-refractivity contribution is 7.91. The van der Waals surface area contributed by atoms with Gasteiger partial charge in [0, 0.05) is 13.1 Å². The van der Waals surface area contributed by atoms with Crippen molar-refractivity contribution in [2.75, 3.05) is 24.6 Å². The number of amides is 2. The molecule has 1 N–H and O–H groups in total. The first-order chi connectivity index (χ1) is 12.1. The fourth-order valence-corrected chi connectivity index (χ4v) is 3.91. The molecule has 0 aliphatic carbocycles. The van der Waals surface area contributed by atoms with Crippen LogP contribution in [0.15, 0.2) is 18.2 Å². The molecule has 1 fully saturated rings. The van der Waals surface area contributed by atoms with E-state index in [9.17, 15) is 18.0 Å². The van der Waals surface area contributed by atoms with Gasteiger partial charge in [0.05, 0.1) is 16.5 Å². The second kappa shape index (κ2) is 8.26. The van der Waals surface area contributed by atoms with Crippen LogP contribution in [-0.4, -0.2) is 61.9 Å². The summed E-state index contributed by atoms with van der Waals surface area (Å²) in [7, 11) is -3.07. The van der Waals surface area contributed by atoms with Crippen LogP contribution < -0.4 is 10.1 Å². The van der Waals surface area contributed by atoms with Crippen LogP contribution in [0, 0.1) is 6.92 Å². The molecule has 2 atom stereocenters. The first-order valence-electron chi connectivity index (χ1n) is 8.31. The molecule has 2 rings (SSSR count). The number of carbonyl (C=O) groups excluding carboxylic acids is 2. The molecule has 0 spiro atoms. The predicted octanol–water partition coefficient (Wildman–Crippen LogP) is 1.18. The zero-order valence-corrected chi connectivity index (χ0v) is 16.6. The smallest absolute Gasteiger partial charge is 0.261 e. The number of nitrogens with one attached hydrogen (secondary N) is 1. The van der Waals surface area contributed by atoms with Gasteiger partial charge in [-0.25, -0.2) is 8.42 Å². The van der Waals surface area contributed by atoms with Crippen LogP contribution in [-0.2, 0) is 19.4 Å². The van der Waals surface area contributed by atoms with Crippen molar-refractivity contribution in [1.82, 2.24) is 10.2 Å². The van der Waals surface area contributed by atoms with Crippen molar-refractivity contribution in [3.05, 3.63) is 28.8 Å². The predicted molar refractivity (Wildman–Crippen MR) is 99.1 cm³/mol. The number of nitrogens with zero attached hydrogens (tertiary/aromatic N) is 1. The summed E-state index contributed by atoms with van der Waals surface area (Å²) in [5.41, 5.74) is 0.945. The monoisotopic (exact) mass is 402 g/mol. The summed E-state index contributed by atoms with van der Waals surface area (Å²) in [5.74, 6) is -0.466. The molecule has 0 bridgehead atoms. The molecule has 26 heavy (non-hydrogen) atoms. The normalized spacial score (nSPS) is 18.7. The SMILES string of the molecule is Cc1ccc(Cl)c(OC(C)C(=O)NC(C)C(=O)N2CCS(=O)(=O)CC2)c1. The molecule has 2 unspecified atom stereocenters. The van der Waals surface area contributed by atoms with Gasteiger partial charge in [-0.15, -0.1) is 0 Å². The number of carbonyl (C=O) groups is 2. The lowest BCUT2D eigenvalue weighted by molar-refractivity contribution is -0.137. The van der Waals surface area contributed by atoms with Gasteiger partial charge in [0.15, 0.2) is 15.9 Å². The molecule has 1 aromatic carbocycles. The van der Waals surface area contributed by atoms with E-state index in [1.807, 2.05) is 13.0 Å². The summed E-state index contributed by atoms with van der Waals surface area (Å²) in [6.45, 7) is 5.31. The number of hydrogen-bond acceptors (Lipinski definition) is 5. The minimum atomic E-state index is -3.07. The topological polar surface area (TPSA) is 92.8 Å². The lowest BCUT2D eigenvalue weighted by atomic mass is 10.2. The Bertz CT molecular complexity index is 782. The van der Waals surface area contributed by atoms with Crippen molar-refractivity contribution in [1.29, 1.82) is 0 Å². The lowest BCUT2D eigenvalue weighted by Gasteiger charge is -2.29. The Labute approximate surface area is 158 Å². The van der Waals surface area contributed by atoms with Crippen LogP contribution in [0.3, 0.4) is 0 Å². The van der Waals surface area contributed by atoms with E-state index < -0.39 is 27.9 Å². The van der Waals surface area contributed by atoms with Gasteiger partial charge in [0.25, 0.3) is 5.91 Å². The maximum Gasteiger partial charge on any atom is 0.261 e. The van der Waals surface area contributed by atoms with Gasteiger partial charge in [-0.1, -0.05) is 17.7 Å². The number of benzene rings is 1. The fourth-order valence-electron chi connectivity index (χ4n) is 2.54. The van der Waals surface area contributed by atoms with E-state index in [1.54, 1.807) is 26.0 Å². The van der Waals surface area contributed by atoms with Crippen molar-refractivity contribution in [3.8, 4) is 5.75 Å². The summed E-state index contributed by atoms with van der Waals surface area (Å²) < 4.78 is 28.5. The van der Waals surface area contributed by atoms with Crippen LogP contribution in [0.25, 0.3) is 0 Å². The molecule has 7 nitrogen and oxygen atoms in total. The van der Waals surface area contributed by atoms with Gasteiger partial charge in [0.1, 0.15) is 11.8 Å². The average Bonchev–Trinajstić information content (AvgIpc) is 2.57. The molecule has 0 saturated carbocycles. The quantitative estimate of drug-likeness (QED) is 0.798. The van der Waals surface area contributed by atoms with E-state index >= 15 is 0 Å². The maximum atomic E-state index is 12.4. The largest absolute Gasteiger partial charge is 0.479 e. The number of sulfone groups is 1.